The molecular formula is C44H56N6O16. The van der Waals surface area contributed by atoms with Gasteiger partial charge in [0.2, 0.25) is 11.3 Å². The normalized spacial score (nSPS) is 12.2. The zero-order valence-corrected chi connectivity index (χ0v) is 38.9. The van der Waals surface area contributed by atoms with Gasteiger partial charge >= 0.3 is 11.9 Å². The SMILES string of the molecule is COCOc1cc2nc(C)c(-c3coc4cc(OCOC)c(OCOC)c(C(=O)OCc5cn(CC(=O)N[C@@H](CCC(=O)OC(C)(C)C)C(C)(C)C)nn5)c4c3=O)c(=O)n2cc1OCOC. The van der Waals surface area contributed by atoms with Crippen LogP contribution in [0.3, 0.4) is 0 Å². The van der Waals surface area contributed by atoms with Crippen LogP contribution >= 0.6 is 0 Å². The van der Waals surface area contributed by atoms with Gasteiger partial charge in [0, 0.05) is 53.0 Å². The molecule has 0 unspecified atom stereocenters. The van der Waals surface area contributed by atoms with E-state index in [4.69, 9.17) is 51.8 Å². The summed E-state index contributed by atoms with van der Waals surface area (Å²) in [6.45, 7) is 11.0. The highest BCUT2D eigenvalue weighted by atomic mass is 16.7. The molecule has 4 heterocycles. The van der Waals surface area contributed by atoms with Crippen LogP contribution in [0.5, 0.6) is 23.0 Å². The number of hydrogen-bond acceptors (Lipinski definition) is 19. The minimum atomic E-state index is -1.09. The summed E-state index contributed by atoms with van der Waals surface area (Å²) in [5.74, 6) is -1.86. The Balaban J connectivity index is 1.49. The maximum atomic E-state index is 14.7. The van der Waals surface area contributed by atoms with Crippen molar-refractivity contribution in [2.45, 2.75) is 86.1 Å². The summed E-state index contributed by atoms with van der Waals surface area (Å²) in [5, 5.41) is 10.7. The molecule has 0 fully saturated rings. The van der Waals surface area contributed by atoms with E-state index in [-0.39, 0.29) is 107 Å². The van der Waals surface area contributed by atoms with Crippen molar-refractivity contribution in [3.05, 3.63) is 68.3 Å². The van der Waals surface area contributed by atoms with Gasteiger partial charge in [-0.15, -0.1) is 5.10 Å². The molecule has 0 spiro atoms. The quantitative estimate of drug-likeness (QED) is 0.0750. The fourth-order valence-electron chi connectivity index (χ4n) is 6.59. The monoisotopic (exact) mass is 924 g/mol. The highest BCUT2D eigenvalue weighted by Gasteiger charge is 2.31. The van der Waals surface area contributed by atoms with Gasteiger partial charge in [0.25, 0.3) is 5.56 Å². The lowest BCUT2D eigenvalue weighted by Gasteiger charge is -2.31. The number of carbonyl (C=O) groups is 3. The molecule has 0 saturated heterocycles. The second-order valence-electron chi connectivity index (χ2n) is 16.8. The van der Waals surface area contributed by atoms with E-state index in [1.807, 2.05) is 20.8 Å². The molecule has 0 bridgehead atoms. The number of nitrogens with zero attached hydrogens (tertiary/aromatic N) is 5. The maximum Gasteiger partial charge on any atom is 0.343 e. The number of carbonyl (C=O) groups excluding carboxylic acids is 3. The summed E-state index contributed by atoms with van der Waals surface area (Å²) in [6, 6.07) is 2.41. The Kier molecular flexibility index (Phi) is 16.8. The van der Waals surface area contributed by atoms with Crippen molar-refractivity contribution in [3.63, 3.8) is 0 Å². The molecule has 0 aliphatic heterocycles. The molecule has 0 radical (unpaired) electrons. The summed E-state index contributed by atoms with van der Waals surface area (Å²) in [5.41, 5.74) is -3.06. The van der Waals surface area contributed by atoms with Crippen molar-refractivity contribution in [2.24, 2.45) is 5.41 Å². The van der Waals surface area contributed by atoms with Crippen molar-refractivity contribution >= 4 is 34.5 Å². The molecule has 0 saturated carbocycles. The second kappa shape index (κ2) is 22.0. The fraction of sp³-hybridized carbons (Fsp3) is 0.500. The number of methoxy groups -OCH3 is 4. The van der Waals surface area contributed by atoms with Gasteiger partial charge < -0.3 is 57.1 Å². The predicted octanol–water partition coefficient (Wildman–Crippen LogP) is 4.31. The first-order valence-electron chi connectivity index (χ1n) is 20.5. The predicted molar refractivity (Wildman–Crippen MR) is 233 cm³/mol. The van der Waals surface area contributed by atoms with Crippen LogP contribution in [0.4, 0.5) is 0 Å². The Morgan fingerprint density at radius 3 is 2.11 bits per heavy atom. The third kappa shape index (κ3) is 12.6. The van der Waals surface area contributed by atoms with Gasteiger partial charge in [0.05, 0.1) is 34.6 Å². The lowest BCUT2D eigenvalue weighted by Crippen LogP contribution is -2.45. The highest BCUT2D eigenvalue weighted by molar-refractivity contribution is 6.07. The second-order valence-corrected chi connectivity index (χ2v) is 16.8. The van der Waals surface area contributed by atoms with Gasteiger partial charge in [-0.25, -0.2) is 14.5 Å². The van der Waals surface area contributed by atoms with Gasteiger partial charge in [-0.2, -0.15) is 0 Å². The summed E-state index contributed by atoms with van der Waals surface area (Å²) in [7, 11) is 5.59. The summed E-state index contributed by atoms with van der Waals surface area (Å²) in [6.07, 6.45) is 4.27. The lowest BCUT2D eigenvalue weighted by atomic mass is 9.84. The molecule has 5 aromatic rings. The number of aryl methyl sites for hydroxylation is 1. The average Bonchev–Trinajstić information content (AvgIpc) is 3.70. The van der Waals surface area contributed by atoms with Gasteiger partial charge in [-0.05, 0) is 39.5 Å². The minimum absolute atomic E-state index is 0.0698. The molecule has 0 aliphatic carbocycles. The van der Waals surface area contributed by atoms with Crippen LogP contribution in [0, 0.1) is 12.3 Å². The van der Waals surface area contributed by atoms with E-state index >= 15 is 0 Å². The number of nitrogens with one attached hydrogen (secondary N) is 1. The number of pyridine rings is 1. The van der Waals surface area contributed by atoms with Crippen LogP contribution < -0.4 is 35.3 Å². The number of ether oxygens (including phenoxy) is 10. The van der Waals surface area contributed by atoms with E-state index in [1.165, 1.54) is 64.6 Å². The number of amides is 1. The van der Waals surface area contributed by atoms with E-state index in [0.717, 1.165) is 10.7 Å². The van der Waals surface area contributed by atoms with Gasteiger partial charge in [-0.3, -0.25) is 23.6 Å². The number of fused-ring (bicyclic) bond motifs is 2. The standard InChI is InChI=1S/C44H56N6O16/c1-25-36(41(54)50-17-31(64-23-58-10)28(62-21-56-8)15-33(50)45-25)27-20-60-29-14-30(63-22-57-9)40(65-24-59-11)38(37(29)39(27)53)42(55)61-19-26-16-49(48-47-26)18-34(51)46-32(43(2,3)4)12-13-35(52)66-44(5,6)7/h14-17,20,32H,12-13,18-19,21-24H2,1-11H3,(H,46,51)/t32-/m0/s1. The van der Waals surface area contributed by atoms with Crippen LogP contribution in [0.15, 0.2) is 44.8 Å². The molecule has 1 amide bonds. The Hall–Kier alpha value is -6.62. The van der Waals surface area contributed by atoms with Crippen molar-refractivity contribution in [2.75, 3.05) is 55.6 Å². The van der Waals surface area contributed by atoms with Gasteiger partial charge in [0.15, 0.2) is 50.2 Å². The molecule has 5 rings (SSSR count). The Labute approximate surface area is 379 Å². The molecule has 1 N–H and O–H groups in total. The summed E-state index contributed by atoms with van der Waals surface area (Å²) in [4.78, 5) is 73.5. The van der Waals surface area contributed by atoms with Crippen LogP contribution in [-0.4, -0.2) is 109 Å². The minimum Gasteiger partial charge on any atom is -0.463 e. The largest absolute Gasteiger partial charge is 0.463 e. The molecule has 4 aromatic heterocycles. The lowest BCUT2D eigenvalue weighted by molar-refractivity contribution is -0.155. The third-order valence-corrected chi connectivity index (χ3v) is 9.53. The highest BCUT2D eigenvalue weighted by Crippen LogP contribution is 2.39. The Morgan fingerprint density at radius 2 is 1.47 bits per heavy atom. The van der Waals surface area contributed by atoms with Crippen molar-refractivity contribution in [1.29, 1.82) is 0 Å². The first-order chi connectivity index (χ1) is 31.3. The summed E-state index contributed by atoms with van der Waals surface area (Å²) >= 11 is 0. The molecular weight excluding hydrogens is 869 g/mol. The number of benzene rings is 1. The van der Waals surface area contributed by atoms with Gasteiger partial charge in [-0.1, -0.05) is 26.0 Å². The fourth-order valence-corrected chi connectivity index (χ4v) is 6.59. The summed E-state index contributed by atoms with van der Waals surface area (Å²) < 4.78 is 62.6. The van der Waals surface area contributed by atoms with Crippen LogP contribution in [0.25, 0.3) is 27.7 Å². The van der Waals surface area contributed by atoms with Gasteiger partial charge in [0.1, 0.15) is 47.5 Å². The van der Waals surface area contributed by atoms with E-state index in [1.54, 1.807) is 20.8 Å². The van der Waals surface area contributed by atoms with Crippen LogP contribution in [0.1, 0.15) is 76.1 Å². The first-order valence-corrected chi connectivity index (χ1v) is 20.5. The topological polar surface area (TPSA) is 251 Å². The van der Waals surface area contributed by atoms with Crippen molar-refractivity contribution in [1.82, 2.24) is 29.7 Å². The van der Waals surface area contributed by atoms with Crippen LogP contribution in [-0.2, 0) is 51.2 Å². The number of hydrogen-bond donors (Lipinski definition) is 1. The molecule has 1 aromatic carbocycles. The number of esters is 2. The Bertz CT molecular complexity index is 2640. The van der Waals surface area contributed by atoms with E-state index in [0.29, 0.717) is 6.42 Å². The first kappa shape index (κ1) is 50.4. The zero-order chi connectivity index (χ0) is 48.3. The van der Waals surface area contributed by atoms with Crippen molar-refractivity contribution in [3.8, 4) is 34.1 Å². The molecule has 1 atom stereocenters. The smallest absolute Gasteiger partial charge is 0.343 e. The molecule has 0 aliphatic rings. The average molecular weight is 925 g/mol. The Morgan fingerprint density at radius 1 is 0.833 bits per heavy atom. The van der Waals surface area contributed by atoms with Crippen molar-refractivity contribution < 1.29 is 66.2 Å². The number of aromatic nitrogens is 5. The van der Waals surface area contributed by atoms with Crippen LogP contribution in [0.2, 0.25) is 0 Å². The van der Waals surface area contributed by atoms with E-state index in [9.17, 15) is 24.0 Å². The third-order valence-electron chi connectivity index (χ3n) is 9.53. The molecule has 22 heteroatoms. The molecule has 22 nitrogen and oxygen atoms in total. The van der Waals surface area contributed by atoms with E-state index < -0.39 is 52.8 Å². The maximum absolute atomic E-state index is 14.7. The van der Waals surface area contributed by atoms with E-state index in [2.05, 4.69) is 20.6 Å². The number of rotatable bonds is 22. The zero-order valence-electron chi connectivity index (χ0n) is 38.9. The molecule has 66 heavy (non-hydrogen) atoms. The molecule has 358 valence electrons.